The first kappa shape index (κ1) is 9.47. The average Bonchev–Trinajstić information content (AvgIpc) is 2.56. The van der Waals surface area contributed by atoms with Crippen molar-refractivity contribution in [2.75, 3.05) is 0 Å². The van der Waals surface area contributed by atoms with Gasteiger partial charge in [-0.15, -0.1) is 0 Å². The predicted octanol–water partition coefficient (Wildman–Crippen LogP) is 2.62. The molecule has 1 unspecified atom stereocenters. The molecule has 0 saturated carbocycles. The number of aliphatic hydroxyl groups excluding tert-OH is 1. The molecule has 0 bridgehead atoms. The third-order valence-corrected chi connectivity index (χ3v) is 2.74. The number of benzene rings is 1. The summed E-state index contributed by atoms with van der Waals surface area (Å²) >= 11 is 0. The zero-order valence-corrected chi connectivity index (χ0v) is 8.53. The maximum absolute atomic E-state index is 9.35. The Kier molecular flexibility index (Phi) is 2.69. The van der Waals surface area contributed by atoms with E-state index < -0.39 is 0 Å². The van der Waals surface area contributed by atoms with Crippen LogP contribution in [0.3, 0.4) is 0 Å². The van der Waals surface area contributed by atoms with Crippen molar-refractivity contribution < 1.29 is 5.11 Å². The van der Waals surface area contributed by atoms with Gasteiger partial charge in [-0.05, 0) is 31.7 Å². The molecular weight excluding hydrogens is 172 g/mol. The number of hydrogen-bond acceptors (Lipinski definition) is 1. The molecule has 0 saturated heterocycles. The van der Waals surface area contributed by atoms with Crippen LogP contribution in [0.25, 0.3) is 0 Å². The molecule has 0 radical (unpaired) electrons. The molecule has 0 aliphatic heterocycles. The molecule has 1 aliphatic carbocycles. The lowest BCUT2D eigenvalue weighted by Gasteiger charge is -2.02. The highest BCUT2D eigenvalue weighted by atomic mass is 16.3. The quantitative estimate of drug-likeness (QED) is 0.707. The molecule has 1 nitrogen and oxygen atoms in total. The minimum Gasteiger partial charge on any atom is -0.389 e. The highest BCUT2D eigenvalue weighted by Crippen LogP contribution is 2.22. The molecule has 0 heterocycles. The van der Waals surface area contributed by atoms with Gasteiger partial charge in [-0.25, -0.2) is 0 Å². The summed E-state index contributed by atoms with van der Waals surface area (Å²) in [5.41, 5.74) is 4.02. The summed E-state index contributed by atoms with van der Waals surface area (Å²) in [6, 6.07) is 8.62. The van der Waals surface area contributed by atoms with Crippen molar-refractivity contribution in [3.63, 3.8) is 0 Å². The van der Waals surface area contributed by atoms with Crippen molar-refractivity contribution in [3.05, 3.63) is 47.0 Å². The first-order valence-electron chi connectivity index (χ1n) is 5.17. The van der Waals surface area contributed by atoms with Gasteiger partial charge in [0.15, 0.2) is 0 Å². The van der Waals surface area contributed by atoms with Gasteiger partial charge in [-0.2, -0.15) is 0 Å². The molecule has 14 heavy (non-hydrogen) atoms. The number of allylic oxidation sites excluding steroid dienone is 1. The standard InChI is InChI=1S/C13H16O/c1-10-2-4-11(5-3-10)8-12-6-7-13(14)9-12/h2-5,9,13-14H,6-8H2,1H3. The smallest absolute Gasteiger partial charge is 0.0726 e. The van der Waals surface area contributed by atoms with Crippen LogP contribution in [0.15, 0.2) is 35.9 Å². The van der Waals surface area contributed by atoms with Crippen LogP contribution in [-0.4, -0.2) is 11.2 Å². The molecule has 0 amide bonds. The highest BCUT2D eigenvalue weighted by Gasteiger charge is 2.12. The molecule has 1 atom stereocenters. The summed E-state index contributed by atoms with van der Waals surface area (Å²) in [6.07, 6.45) is 4.75. The van der Waals surface area contributed by atoms with Crippen LogP contribution in [0.4, 0.5) is 0 Å². The van der Waals surface area contributed by atoms with Gasteiger partial charge in [0.2, 0.25) is 0 Å². The van der Waals surface area contributed by atoms with E-state index in [9.17, 15) is 5.11 Å². The largest absolute Gasteiger partial charge is 0.389 e. The average molecular weight is 188 g/mol. The normalized spacial score (nSPS) is 21.0. The summed E-state index contributed by atoms with van der Waals surface area (Å²) in [6.45, 7) is 2.10. The number of aryl methyl sites for hydroxylation is 1. The topological polar surface area (TPSA) is 20.2 Å². The SMILES string of the molecule is Cc1ccc(CC2=CC(O)CC2)cc1. The third kappa shape index (κ3) is 2.24. The Morgan fingerprint density at radius 2 is 2.00 bits per heavy atom. The van der Waals surface area contributed by atoms with Gasteiger partial charge in [-0.3, -0.25) is 0 Å². The Balaban J connectivity index is 2.04. The molecule has 1 heteroatoms. The lowest BCUT2D eigenvalue weighted by atomic mass is 10.0. The first-order chi connectivity index (χ1) is 6.74. The fraction of sp³-hybridized carbons (Fsp3) is 0.385. The van der Waals surface area contributed by atoms with Crippen LogP contribution in [0, 0.1) is 6.92 Å². The van der Waals surface area contributed by atoms with Gasteiger partial charge in [0.05, 0.1) is 6.10 Å². The summed E-state index contributed by atoms with van der Waals surface area (Å²) in [4.78, 5) is 0. The first-order valence-corrected chi connectivity index (χ1v) is 5.17. The lowest BCUT2D eigenvalue weighted by Crippen LogP contribution is -1.93. The Labute approximate surface area is 85.1 Å². The van der Waals surface area contributed by atoms with Crippen molar-refractivity contribution >= 4 is 0 Å². The second-order valence-corrected chi connectivity index (χ2v) is 4.09. The molecular formula is C13H16O. The van der Waals surface area contributed by atoms with E-state index >= 15 is 0 Å². The van der Waals surface area contributed by atoms with E-state index in [0.717, 1.165) is 19.3 Å². The Bertz CT molecular complexity index is 335. The van der Waals surface area contributed by atoms with Crippen LogP contribution in [-0.2, 0) is 6.42 Å². The second kappa shape index (κ2) is 3.97. The summed E-state index contributed by atoms with van der Waals surface area (Å²) in [5.74, 6) is 0. The van der Waals surface area contributed by atoms with Gasteiger partial charge in [-0.1, -0.05) is 41.5 Å². The van der Waals surface area contributed by atoms with Crippen molar-refractivity contribution in [2.24, 2.45) is 0 Å². The summed E-state index contributed by atoms with van der Waals surface area (Å²) < 4.78 is 0. The van der Waals surface area contributed by atoms with Crippen molar-refractivity contribution in [3.8, 4) is 0 Å². The Morgan fingerprint density at radius 3 is 2.57 bits per heavy atom. The number of rotatable bonds is 2. The molecule has 1 N–H and O–H groups in total. The monoisotopic (exact) mass is 188 g/mol. The van der Waals surface area contributed by atoms with E-state index in [-0.39, 0.29) is 6.10 Å². The van der Waals surface area contributed by atoms with E-state index in [1.54, 1.807) is 0 Å². The zero-order valence-electron chi connectivity index (χ0n) is 8.53. The predicted molar refractivity (Wildman–Crippen MR) is 58.2 cm³/mol. The molecule has 74 valence electrons. The Hall–Kier alpha value is -1.08. The van der Waals surface area contributed by atoms with E-state index in [1.807, 2.05) is 6.08 Å². The number of hydrogen-bond donors (Lipinski definition) is 1. The molecule has 0 aromatic heterocycles. The van der Waals surface area contributed by atoms with Crippen LogP contribution < -0.4 is 0 Å². The van der Waals surface area contributed by atoms with Gasteiger partial charge in [0.25, 0.3) is 0 Å². The fourth-order valence-electron chi connectivity index (χ4n) is 1.89. The van der Waals surface area contributed by atoms with Gasteiger partial charge < -0.3 is 5.11 Å². The maximum atomic E-state index is 9.35. The van der Waals surface area contributed by atoms with Crippen molar-refractivity contribution in [2.45, 2.75) is 32.3 Å². The molecule has 0 spiro atoms. The molecule has 1 aliphatic rings. The minimum atomic E-state index is -0.199. The molecule has 1 aromatic rings. The minimum absolute atomic E-state index is 0.199. The summed E-state index contributed by atoms with van der Waals surface area (Å²) in [7, 11) is 0. The van der Waals surface area contributed by atoms with Crippen molar-refractivity contribution in [1.29, 1.82) is 0 Å². The fourth-order valence-corrected chi connectivity index (χ4v) is 1.89. The Morgan fingerprint density at radius 1 is 1.29 bits per heavy atom. The van der Waals surface area contributed by atoms with Gasteiger partial charge in [0.1, 0.15) is 0 Å². The second-order valence-electron chi connectivity index (χ2n) is 4.09. The summed E-state index contributed by atoms with van der Waals surface area (Å²) in [5, 5.41) is 9.35. The van der Waals surface area contributed by atoms with Crippen molar-refractivity contribution in [1.82, 2.24) is 0 Å². The number of aliphatic hydroxyl groups is 1. The van der Waals surface area contributed by atoms with Crippen LogP contribution >= 0.6 is 0 Å². The van der Waals surface area contributed by atoms with E-state index in [0.29, 0.717) is 0 Å². The van der Waals surface area contributed by atoms with E-state index in [4.69, 9.17) is 0 Å². The third-order valence-electron chi connectivity index (χ3n) is 2.74. The molecule has 0 fully saturated rings. The van der Waals surface area contributed by atoms with Crippen LogP contribution in [0.1, 0.15) is 24.0 Å². The lowest BCUT2D eigenvalue weighted by molar-refractivity contribution is 0.223. The molecule has 1 aromatic carbocycles. The maximum Gasteiger partial charge on any atom is 0.0726 e. The van der Waals surface area contributed by atoms with Gasteiger partial charge in [0, 0.05) is 0 Å². The van der Waals surface area contributed by atoms with Gasteiger partial charge >= 0.3 is 0 Å². The molecule has 2 rings (SSSR count). The van der Waals surface area contributed by atoms with Crippen LogP contribution in [0.5, 0.6) is 0 Å². The highest BCUT2D eigenvalue weighted by molar-refractivity contribution is 5.27. The van der Waals surface area contributed by atoms with E-state index in [2.05, 4.69) is 31.2 Å². The zero-order chi connectivity index (χ0) is 9.97. The van der Waals surface area contributed by atoms with Crippen LogP contribution in [0.2, 0.25) is 0 Å². The van der Waals surface area contributed by atoms with E-state index in [1.165, 1.54) is 16.7 Å².